The van der Waals surface area contributed by atoms with Crippen LogP contribution in [-0.4, -0.2) is 59.7 Å². The van der Waals surface area contributed by atoms with Gasteiger partial charge >= 0.3 is 17.9 Å². The first-order valence-electron chi connectivity index (χ1n) is 14.5. The summed E-state index contributed by atoms with van der Waals surface area (Å²) in [5, 5.41) is 15.4. The fourth-order valence-corrected chi connectivity index (χ4v) is 4.67. The second-order valence-corrected chi connectivity index (χ2v) is 10.6. The van der Waals surface area contributed by atoms with Crippen molar-refractivity contribution in [2.75, 3.05) is 11.9 Å². The Morgan fingerprint density at radius 3 is 2.44 bits per heavy atom. The molecule has 11 nitrogen and oxygen atoms in total. The number of para-hydroxylation sites is 1. The van der Waals surface area contributed by atoms with E-state index >= 15 is 0 Å². The minimum absolute atomic E-state index is 0.0189. The topological polar surface area (TPSA) is 157 Å². The molecule has 1 fully saturated rings. The van der Waals surface area contributed by atoms with Crippen molar-refractivity contribution in [3.05, 3.63) is 23.8 Å². The number of unbranched alkanes of at least 4 members (excludes halogenated alkanes) is 4. The zero-order valence-electron chi connectivity index (χ0n) is 24.7. The van der Waals surface area contributed by atoms with Crippen molar-refractivity contribution in [1.82, 2.24) is 5.32 Å². The molecule has 0 saturated carbocycles. The summed E-state index contributed by atoms with van der Waals surface area (Å²) < 4.78 is 16.8. The van der Waals surface area contributed by atoms with Gasteiger partial charge in [0.25, 0.3) is 5.91 Å². The average molecular weight is 577 g/mol. The second kappa shape index (κ2) is 16.6. The molecule has 0 spiro atoms. The third-order valence-electron chi connectivity index (χ3n) is 7.06. The first-order chi connectivity index (χ1) is 19.5. The van der Waals surface area contributed by atoms with Gasteiger partial charge in [0.15, 0.2) is 11.8 Å². The van der Waals surface area contributed by atoms with Crippen LogP contribution in [0.5, 0.6) is 5.75 Å². The monoisotopic (exact) mass is 576 g/mol. The lowest BCUT2D eigenvalue weighted by Crippen LogP contribution is -2.49. The molecule has 5 atom stereocenters. The van der Waals surface area contributed by atoms with Crippen molar-refractivity contribution in [3.8, 4) is 5.75 Å². The number of aromatic hydroxyl groups is 1. The number of phenolic OH excluding ortho intramolecular Hbond substituents is 1. The number of hydrogen-bond donors (Lipinski definition) is 3. The van der Waals surface area contributed by atoms with Crippen LogP contribution in [0.4, 0.5) is 5.69 Å². The van der Waals surface area contributed by atoms with Crippen LogP contribution < -0.4 is 10.6 Å². The third-order valence-corrected chi connectivity index (χ3v) is 7.06. The number of benzene rings is 1. The number of anilines is 1. The summed E-state index contributed by atoms with van der Waals surface area (Å²) in [6, 6.07) is 2.77. The van der Waals surface area contributed by atoms with E-state index in [1.807, 2.05) is 6.92 Å². The zero-order chi connectivity index (χ0) is 30.5. The summed E-state index contributed by atoms with van der Waals surface area (Å²) in [7, 11) is 0. The Kier molecular flexibility index (Phi) is 13.6. The predicted octanol–water partition coefficient (Wildman–Crippen LogP) is 4.26. The minimum atomic E-state index is -1.41. The zero-order valence-corrected chi connectivity index (χ0v) is 24.7. The number of amides is 2. The lowest BCUT2D eigenvalue weighted by atomic mass is 9.94. The molecule has 0 unspecified atom stereocenters. The number of carbonyl (C=O) groups is 5. The Morgan fingerprint density at radius 1 is 1.07 bits per heavy atom. The molecule has 0 aliphatic carbocycles. The van der Waals surface area contributed by atoms with Gasteiger partial charge in [0.1, 0.15) is 18.8 Å². The van der Waals surface area contributed by atoms with E-state index in [0.29, 0.717) is 19.3 Å². The number of esters is 3. The van der Waals surface area contributed by atoms with Crippen molar-refractivity contribution >= 4 is 35.4 Å². The molecule has 3 N–H and O–H groups in total. The van der Waals surface area contributed by atoms with Crippen LogP contribution in [0.3, 0.4) is 0 Å². The van der Waals surface area contributed by atoms with Crippen LogP contribution >= 0.6 is 0 Å². The maximum atomic E-state index is 13.4. The summed E-state index contributed by atoms with van der Waals surface area (Å²) in [6.45, 7) is 8.13. The first-order valence-corrected chi connectivity index (χ1v) is 14.5. The van der Waals surface area contributed by atoms with E-state index in [1.165, 1.54) is 32.0 Å². The lowest BCUT2D eigenvalue weighted by molar-refractivity contribution is -0.170. The predicted molar refractivity (Wildman–Crippen MR) is 151 cm³/mol. The number of ether oxygens (including phenoxy) is 3. The van der Waals surface area contributed by atoms with E-state index in [9.17, 15) is 29.1 Å². The summed E-state index contributed by atoms with van der Waals surface area (Å²) in [6.07, 6.45) is 4.34. The number of hydrogen-bond acceptors (Lipinski definition) is 9. The molecule has 228 valence electrons. The SMILES string of the molecule is CCCCCCC[C@H]1C(=O)O[C@H](C)[C@H](NC(=O)c2cccc(NC(C)=O)c2O)C(=O)OC[C@@H]1OC(=O)[C@@H](C)CCC. The van der Waals surface area contributed by atoms with E-state index in [2.05, 4.69) is 17.6 Å². The van der Waals surface area contributed by atoms with E-state index in [1.54, 1.807) is 6.92 Å². The third kappa shape index (κ3) is 10.1. The highest BCUT2D eigenvalue weighted by molar-refractivity contribution is 6.02. The fourth-order valence-electron chi connectivity index (χ4n) is 4.67. The number of rotatable bonds is 13. The molecular formula is C30H44N2O9. The van der Waals surface area contributed by atoms with Crippen molar-refractivity contribution in [1.29, 1.82) is 0 Å². The second-order valence-electron chi connectivity index (χ2n) is 10.6. The lowest BCUT2D eigenvalue weighted by Gasteiger charge is -2.26. The first kappa shape index (κ1) is 33.6. The highest BCUT2D eigenvalue weighted by Gasteiger charge is 2.41. The Balaban J connectivity index is 2.27. The standard InChI is InChI=1S/C30H44N2O9/c1-6-8-9-10-11-14-21-24(41-28(36)18(3)13-7-2)17-39-30(38)25(19(4)40-29(21)37)32-27(35)22-15-12-16-23(26(22)34)31-20(5)33/h12,15-16,18-19,21,24-25,34H,6-11,13-14,17H2,1-5H3,(H,31,33)(H,32,35)/t18-,19+,21+,24-,25-/m0/s1. The van der Waals surface area contributed by atoms with Crippen molar-refractivity contribution in [2.45, 2.75) is 104 Å². The average Bonchev–Trinajstić information content (AvgIpc) is 2.95. The highest BCUT2D eigenvalue weighted by atomic mass is 16.6. The molecule has 1 heterocycles. The molecule has 1 aliphatic rings. The summed E-state index contributed by atoms with van der Waals surface area (Å²) in [5.74, 6) is -5.04. The largest absolute Gasteiger partial charge is 0.505 e. The Bertz CT molecular complexity index is 1070. The van der Waals surface area contributed by atoms with Crippen molar-refractivity contribution in [2.24, 2.45) is 11.8 Å². The van der Waals surface area contributed by atoms with E-state index in [-0.39, 0.29) is 17.9 Å². The van der Waals surface area contributed by atoms with Gasteiger partial charge in [-0.15, -0.1) is 0 Å². The molecule has 2 rings (SSSR count). The van der Waals surface area contributed by atoms with Crippen molar-refractivity contribution < 1.29 is 43.3 Å². The van der Waals surface area contributed by atoms with Crippen molar-refractivity contribution in [3.63, 3.8) is 0 Å². The molecule has 11 heteroatoms. The van der Waals surface area contributed by atoms with Gasteiger partial charge in [0, 0.05) is 6.92 Å². The quantitative estimate of drug-likeness (QED) is 0.135. The maximum absolute atomic E-state index is 13.4. The van der Waals surface area contributed by atoms with Gasteiger partial charge in [0.2, 0.25) is 5.91 Å². The molecule has 1 saturated heterocycles. The maximum Gasteiger partial charge on any atom is 0.332 e. The van der Waals surface area contributed by atoms with Gasteiger partial charge < -0.3 is 30.0 Å². The van der Waals surface area contributed by atoms with Crippen LogP contribution in [-0.2, 0) is 33.4 Å². The smallest absolute Gasteiger partial charge is 0.332 e. The molecule has 0 aromatic heterocycles. The highest BCUT2D eigenvalue weighted by Crippen LogP contribution is 2.28. The van der Waals surface area contributed by atoms with Crippen LogP contribution in [0.2, 0.25) is 0 Å². The normalized spacial score (nSPS) is 21.8. The van der Waals surface area contributed by atoms with E-state index in [0.717, 1.165) is 32.1 Å². The number of carbonyl (C=O) groups excluding carboxylic acids is 5. The number of cyclic esters (lactones) is 2. The molecule has 1 aromatic carbocycles. The van der Waals surface area contributed by atoms with Crippen LogP contribution in [0.15, 0.2) is 18.2 Å². The molecule has 1 aliphatic heterocycles. The van der Waals surface area contributed by atoms with Crippen LogP contribution in [0.1, 0.15) is 96.3 Å². The molecule has 41 heavy (non-hydrogen) atoms. The van der Waals surface area contributed by atoms with Gasteiger partial charge in [-0.2, -0.15) is 0 Å². The van der Waals surface area contributed by atoms with Gasteiger partial charge in [-0.3, -0.25) is 19.2 Å². The molecular weight excluding hydrogens is 532 g/mol. The van der Waals surface area contributed by atoms with Gasteiger partial charge in [-0.1, -0.05) is 65.4 Å². The molecule has 0 radical (unpaired) electrons. The number of phenols is 1. The summed E-state index contributed by atoms with van der Waals surface area (Å²) >= 11 is 0. The van der Waals surface area contributed by atoms with Gasteiger partial charge in [0.05, 0.1) is 23.1 Å². The minimum Gasteiger partial charge on any atom is -0.505 e. The summed E-state index contributed by atoms with van der Waals surface area (Å²) in [5.41, 5.74) is -0.186. The summed E-state index contributed by atoms with van der Waals surface area (Å²) in [4.78, 5) is 63.8. The molecule has 0 bridgehead atoms. The van der Waals surface area contributed by atoms with Crippen LogP contribution in [0.25, 0.3) is 0 Å². The fraction of sp³-hybridized carbons (Fsp3) is 0.633. The van der Waals surface area contributed by atoms with Gasteiger partial charge in [-0.05, 0) is 31.9 Å². The van der Waals surface area contributed by atoms with E-state index < -0.39 is 65.6 Å². The number of nitrogens with one attached hydrogen (secondary N) is 2. The molecule has 1 aromatic rings. The Labute approximate surface area is 241 Å². The Hall–Kier alpha value is -3.63. The van der Waals surface area contributed by atoms with Crippen LogP contribution in [0, 0.1) is 11.8 Å². The van der Waals surface area contributed by atoms with Gasteiger partial charge in [-0.25, -0.2) is 4.79 Å². The van der Waals surface area contributed by atoms with E-state index in [4.69, 9.17) is 14.2 Å². The molecule has 2 amide bonds. The Morgan fingerprint density at radius 2 is 1.78 bits per heavy atom.